The zero-order valence-electron chi connectivity index (χ0n) is 13.8. The smallest absolute Gasteiger partial charge is 0.278 e. The molecule has 11 heteroatoms. The van der Waals surface area contributed by atoms with Gasteiger partial charge in [-0.2, -0.15) is 8.42 Å². The second-order valence-corrected chi connectivity index (χ2v) is 7.56. The fourth-order valence-electron chi connectivity index (χ4n) is 1.87. The molecule has 140 valence electrons. The Bertz CT molecular complexity index is 891. The molecule has 0 saturated heterocycles. The highest BCUT2D eigenvalue weighted by atomic mass is 79.9. The molecule has 2 aromatic rings. The summed E-state index contributed by atoms with van der Waals surface area (Å²) in [7, 11) is -3.47. The van der Waals surface area contributed by atoms with E-state index < -0.39 is 16.0 Å². The Morgan fingerprint density at radius 3 is 2.77 bits per heavy atom. The van der Waals surface area contributed by atoms with Crippen molar-refractivity contribution in [3.8, 4) is 5.75 Å². The summed E-state index contributed by atoms with van der Waals surface area (Å²) in [6.07, 6.45) is 2.73. The van der Waals surface area contributed by atoms with Crippen molar-refractivity contribution < 1.29 is 22.1 Å². The van der Waals surface area contributed by atoms with Gasteiger partial charge in [-0.25, -0.2) is 9.97 Å². The summed E-state index contributed by atoms with van der Waals surface area (Å²) in [6.45, 7) is 0.221. The van der Waals surface area contributed by atoms with Crippen LogP contribution in [0.25, 0.3) is 0 Å². The molecular formula is C15H17BrN4O5S. The molecule has 26 heavy (non-hydrogen) atoms. The van der Waals surface area contributed by atoms with E-state index in [4.69, 9.17) is 10.5 Å². The van der Waals surface area contributed by atoms with Gasteiger partial charge in [-0.15, -0.1) is 0 Å². The number of nitrogens with one attached hydrogen (secondary N) is 1. The van der Waals surface area contributed by atoms with Crippen molar-refractivity contribution in [3.63, 3.8) is 0 Å². The second-order valence-electron chi connectivity index (χ2n) is 5.10. The minimum atomic E-state index is -3.47. The standard InChI is InChI=1S/C15H17BrN4O5S/c1-26(22,23)25-8-4-7-24-11-6-3-2-5-10(11)19-15(21)13-14(17)18-9-12(16)20-13/h2-3,5-6,9H,4,7-8H2,1H3,(H2,17,18)(H,19,21). The number of rotatable bonds is 8. The van der Waals surface area contributed by atoms with Crippen molar-refractivity contribution in [1.82, 2.24) is 9.97 Å². The second kappa shape index (κ2) is 8.92. The SMILES string of the molecule is CS(=O)(=O)OCCCOc1ccccc1NC(=O)c1nc(Br)cnc1N. The molecule has 3 N–H and O–H groups in total. The predicted molar refractivity (Wildman–Crippen MR) is 99.4 cm³/mol. The number of nitrogens with zero attached hydrogens (tertiary/aromatic N) is 2. The lowest BCUT2D eigenvalue weighted by Gasteiger charge is -2.12. The van der Waals surface area contributed by atoms with Crippen LogP contribution >= 0.6 is 15.9 Å². The fraction of sp³-hybridized carbons (Fsp3) is 0.267. The van der Waals surface area contributed by atoms with Crippen molar-refractivity contribution in [2.45, 2.75) is 6.42 Å². The van der Waals surface area contributed by atoms with E-state index in [1.807, 2.05) is 0 Å². The molecule has 1 aromatic heterocycles. The van der Waals surface area contributed by atoms with Crippen LogP contribution in [0.4, 0.5) is 11.5 Å². The molecule has 1 heterocycles. The van der Waals surface area contributed by atoms with Crippen molar-refractivity contribution in [3.05, 3.63) is 40.8 Å². The maximum absolute atomic E-state index is 12.4. The Morgan fingerprint density at radius 1 is 1.31 bits per heavy atom. The first kappa shape index (κ1) is 20.1. The summed E-state index contributed by atoms with van der Waals surface area (Å²) in [4.78, 5) is 20.2. The van der Waals surface area contributed by atoms with Gasteiger partial charge in [0.05, 0.1) is 31.4 Å². The van der Waals surface area contributed by atoms with Crippen LogP contribution in [0.15, 0.2) is 35.1 Å². The summed E-state index contributed by atoms with van der Waals surface area (Å²) in [5.74, 6) is -0.114. The molecule has 2 rings (SSSR count). The molecule has 0 atom stereocenters. The third kappa shape index (κ3) is 6.24. The summed E-state index contributed by atoms with van der Waals surface area (Å²) >= 11 is 3.14. The molecule has 0 aliphatic carbocycles. The zero-order chi connectivity index (χ0) is 19.2. The lowest BCUT2D eigenvalue weighted by Crippen LogP contribution is -2.17. The van der Waals surface area contributed by atoms with Crippen LogP contribution in [0.1, 0.15) is 16.9 Å². The number of hydrogen-bond donors (Lipinski definition) is 2. The van der Waals surface area contributed by atoms with Gasteiger partial charge in [-0.3, -0.25) is 8.98 Å². The predicted octanol–water partition coefficient (Wildman–Crippen LogP) is 1.82. The largest absolute Gasteiger partial charge is 0.491 e. The van der Waals surface area contributed by atoms with E-state index >= 15 is 0 Å². The van der Waals surface area contributed by atoms with Crippen LogP contribution < -0.4 is 15.8 Å². The van der Waals surface area contributed by atoms with E-state index in [0.29, 0.717) is 22.5 Å². The van der Waals surface area contributed by atoms with Gasteiger partial charge in [0.15, 0.2) is 11.5 Å². The lowest BCUT2D eigenvalue weighted by atomic mass is 10.2. The maximum atomic E-state index is 12.4. The number of nitrogen functional groups attached to an aromatic ring is 1. The summed E-state index contributed by atoms with van der Waals surface area (Å²) in [5, 5.41) is 2.67. The molecule has 0 saturated carbocycles. The summed E-state index contributed by atoms with van der Waals surface area (Å²) in [6, 6.07) is 6.79. The number of hydrogen-bond acceptors (Lipinski definition) is 8. The number of halogens is 1. The first-order valence-electron chi connectivity index (χ1n) is 7.42. The van der Waals surface area contributed by atoms with Crippen molar-refractivity contribution in [1.29, 1.82) is 0 Å². The number of nitrogens with two attached hydrogens (primary N) is 1. The average Bonchev–Trinajstić information content (AvgIpc) is 2.57. The summed E-state index contributed by atoms with van der Waals surface area (Å²) < 4.78 is 32.4. The number of carbonyl (C=O) groups excluding carboxylic acids is 1. The van der Waals surface area contributed by atoms with E-state index in [-0.39, 0.29) is 24.7 Å². The Morgan fingerprint density at radius 2 is 2.04 bits per heavy atom. The Hall–Kier alpha value is -2.24. The number of amides is 1. The summed E-state index contributed by atoms with van der Waals surface area (Å²) in [5.41, 5.74) is 6.08. The lowest BCUT2D eigenvalue weighted by molar-refractivity contribution is 0.102. The highest BCUT2D eigenvalue weighted by Gasteiger charge is 2.15. The Balaban J connectivity index is 2.00. The van der Waals surface area contributed by atoms with Gasteiger partial charge in [0.1, 0.15) is 10.4 Å². The molecule has 0 aliphatic heterocycles. The van der Waals surface area contributed by atoms with Crippen LogP contribution in [0.5, 0.6) is 5.75 Å². The molecule has 0 fully saturated rings. The van der Waals surface area contributed by atoms with E-state index in [9.17, 15) is 13.2 Å². The Labute approximate surface area is 159 Å². The number of aromatic nitrogens is 2. The van der Waals surface area contributed by atoms with Gasteiger partial charge in [-0.05, 0) is 28.1 Å². The fourth-order valence-corrected chi connectivity index (χ4v) is 2.57. The van der Waals surface area contributed by atoms with Gasteiger partial charge in [0, 0.05) is 6.42 Å². The molecule has 0 spiro atoms. The number of carbonyl (C=O) groups is 1. The van der Waals surface area contributed by atoms with E-state index in [2.05, 4.69) is 35.4 Å². The topological polar surface area (TPSA) is 134 Å². The number of ether oxygens (including phenoxy) is 1. The van der Waals surface area contributed by atoms with Crippen molar-refractivity contribution >= 4 is 43.5 Å². The first-order valence-corrected chi connectivity index (χ1v) is 10.0. The highest BCUT2D eigenvalue weighted by molar-refractivity contribution is 9.10. The zero-order valence-corrected chi connectivity index (χ0v) is 16.2. The van der Waals surface area contributed by atoms with E-state index in [1.165, 1.54) is 6.20 Å². The van der Waals surface area contributed by atoms with Gasteiger partial charge in [0.2, 0.25) is 0 Å². The number of anilines is 2. The van der Waals surface area contributed by atoms with Crippen LogP contribution in [-0.4, -0.2) is 43.8 Å². The van der Waals surface area contributed by atoms with Crippen molar-refractivity contribution in [2.24, 2.45) is 0 Å². The monoisotopic (exact) mass is 444 g/mol. The van der Waals surface area contributed by atoms with Crippen LogP contribution in [-0.2, 0) is 14.3 Å². The average molecular weight is 445 g/mol. The van der Waals surface area contributed by atoms with Gasteiger partial charge >= 0.3 is 0 Å². The number of para-hydroxylation sites is 2. The quantitative estimate of drug-likeness (QED) is 0.464. The first-order chi connectivity index (χ1) is 12.3. The Kier molecular flexibility index (Phi) is 6.89. The van der Waals surface area contributed by atoms with E-state index in [0.717, 1.165) is 6.26 Å². The molecule has 0 aliphatic rings. The minimum Gasteiger partial charge on any atom is -0.491 e. The van der Waals surface area contributed by atoms with Crippen molar-refractivity contribution in [2.75, 3.05) is 30.5 Å². The van der Waals surface area contributed by atoms with Crippen LogP contribution in [0.2, 0.25) is 0 Å². The van der Waals surface area contributed by atoms with E-state index in [1.54, 1.807) is 24.3 Å². The van der Waals surface area contributed by atoms with Gasteiger partial charge in [0.25, 0.3) is 16.0 Å². The minimum absolute atomic E-state index is 0.00187. The van der Waals surface area contributed by atoms with Gasteiger partial charge < -0.3 is 15.8 Å². The number of benzene rings is 1. The molecule has 0 radical (unpaired) electrons. The molecule has 1 aromatic carbocycles. The maximum Gasteiger partial charge on any atom is 0.278 e. The molecule has 9 nitrogen and oxygen atoms in total. The molecule has 1 amide bonds. The van der Waals surface area contributed by atoms with Crippen LogP contribution in [0, 0.1) is 0 Å². The van der Waals surface area contributed by atoms with Gasteiger partial charge in [-0.1, -0.05) is 12.1 Å². The van der Waals surface area contributed by atoms with Crippen LogP contribution in [0.3, 0.4) is 0 Å². The third-order valence-corrected chi connectivity index (χ3v) is 3.94. The normalized spacial score (nSPS) is 11.2. The molecule has 0 bridgehead atoms. The molecule has 0 unspecified atom stereocenters. The highest BCUT2D eigenvalue weighted by Crippen LogP contribution is 2.25. The third-order valence-electron chi connectivity index (χ3n) is 2.97. The molecular weight excluding hydrogens is 428 g/mol.